The lowest BCUT2D eigenvalue weighted by atomic mass is 9.91. The van der Waals surface area contributed by atoms with Gasteiger partial charge in [-0.15, -0.1) is 24.0 Å². The van der Waals surface area contributed by atoms with Crippen molar-refractivity contribution in [3.8, 4) is 6.07 Å². The van der Waals surface area contributed by atoms with Gasteiger partial charge in [0.15, 0.2) is 5.96 Å². The van der Waals surface area contributed by atoms with E-state index in [1.54, 1.807) is 6.07 Å². The van der Waals surface area contributed by atoms with Gasteiger partial charge in [-0.1, -0.05) is 12.1 Å². The summed E-state index contributed by atoms with van der Waals surface area (Å²) in [6, 6.07) is 10.1. The van der Waals surface area contributed by atoms with Crippen LogP contribution in [0.3, 0.4) is 0 Å². The van der Waals surface area contributed by atoms with Crippen LogP contribution in [0.1, 0.15) is 64.5 Å². The summed E-state index contributed by atoms with van der Waals surface area (Å²) in [4.78, 5) is 16.6. The zero-order valence-electron chi connectivity index (χ0n) is 18.3. The van der Waals surface area contributed by atoms with Gasteiger partial charge in [-0.2, -0.15) is 5.26 Å². The quantitative estimate of drug-likeness (QED) is 0.305. The maximum Gasteiger partial charge on any atom is 0.407 e. The van der Waals surface area contributed by atoms with Crippen molar-refractivity contribution in [3.05, 3.63) is 35.4 Å². The van der Waals surface area contributed by atoms with Crippen LogP contribution in [0.25, 0.3) is 0 Å². The highest BCUT2D eigenvalue weighted by Crippen LogP contribution is 2.19. The molecule has 0 unspecified atom stereocenters. The number of nitriles is 1. The summed E-state index contributed by atoms with van der Waals surface area (Å²) in [5.41, 5.74) is 1.17. The second-order valence-corrected chi connectivity index (χ2v) is 8.35. The van der Waals surface area contributed by atoms with Gasteiger partial charge < -0.3 is 20.7 Å². The summed E-state index contributed by atoms with van der Waals surface area (Å²) in [5, 5.41) is 18.8. The summed E-state index contributed by atoms with van der Waals surface area (Å²) in [6.07, 6.45) is 3.37. The predicted octanol–water partition coefficient (Wildman–Crippen LogP) is 4.07. The fraction of sp³-hybridized carbons (Fsp3) is 0.591. The highest BCUT2D eigenvalue weighted by Gasteiger charge is 2.25. The fourth-order valence-electron chi connectivity index (χ4n) is 3.28. The highest BCUT2D eigenvalue weighted by atomic mass is 127. The molecule has 0 atom stereocenters. The van der Waals surface area contributed by atoms with Gasteiger partial charge in [-0.3, -0.25) is 0 Å². The number of aliphatic imine (C=N–C) groups is 1. The van der Waals surface area contributed by atoms with E-state index in [2.05, 4.69) is 27.0 Å². The number of carbonyl (C=O) groups is 1. The van der Waals surface area contributed by atoms with Crippen LogP contribution in [0.4, 0.5) is 4.79 Å². The Morgan fingerprint density at radius 2 is 1.83 bits per heavy atom. The van der Waals surface area contributed by atoms with Crippen molar-refractivity contribution in [1.29, 1.82) is 5.26 Å². The summed E-state index contributed by atoms with van der Waals surface area (Å²) in [5.74, 6) is 0.776. The Morgan fingerprint density at radius 1 is 1.20 bits per heavy atom. The number of carbonyl (C=O) groups excluding carboxylic acids is 1. The zero-order chi connectivity index (χ0) is 21.3. The number of guanidine groups is 1. The molecule has 1 aromatic carbocycles. The first kappa shape index (κ1) is 26.0. The molecule has 1 aliphatic carbocycles. The molecule has 0 aromatic heterocycles. The molecule has 0 bridgehead atoms. The Balaban J connectivity index is 0.00000450. The van der Waals surface area contributed by atoms with Crippen molar-refractivity contribution < 1.29 is 9.53 Å². The monoisotopic (exact) mass is 527 g/mol. The predicted molar refractivity (Wildman–Crippen MR) is 130 cm³/mol. The molecule has 1 amide bonds. The second kappa shape index (κ2) is 12.6. The number of nitrogens with zero attached hydrogens (tertiary/aromatic N) is 2. The molecule has 0 saturated heterocycles. The van der Waals surface area contributed by atoms with Crippen LogP contribution in [0, 0.1) is 11.3 Å². The Kier molecular flexibility index (Phi) is 10.9. The summed E-state index contributed by atoms with van der Waals surface area (Å²) in [6.45, 7) is 8.93. The third-order valence-electron chi connectivity index (χ3n) is 4.61. The van der Waals surface area contributed by atoms with Crippen molar-refractivity contribution >= 4 is 36.0 Å². The standard InChI is InChI=1S/C22H33N5O2.HI/c1-5-24-20(25-15-17-8-6-7-16(13-17)14-23)26-18-9-11-19(12-10-18)27-21(28)29-22(2,3)4;/h6-8,13,18-19H,5,9-12,15H2,1-4H3,(H,27,28)(H2,24,25,26);1H. The molecule has 1 fully saturated rings. The van der Waals surface area contributed by atoms with E-state index in [0.29, 0.717) is 18.2 Å². The Labute approximate surface area is 197 Å². The molecule has 1 saturated carbocycles. The van der Waals surface area contributed by atoms with Crippen LogP contribution < -0.4 is 16.0 Å². The molecule has 1 aliphatic rings. The van der Waals surface area contributed by atoms with Crippen molar-refractivity contribution in [2.24, 2.45) is 4.99 Å². The minimum Gasteiger partial charge on any atom is -0.444 e. The molecule has 0 radical (unpaired) electrons. The average Bonchev–Trinajstić information content (AvgIpc) is 2.66. The van der Waals surface area contributed by atoms with E-state index < -0.39 is 5.60 Å². The first-order valence-electron chi connectivity index (χ1n) is 10.3. The van der Waals surface area contributed by atoms with Gasteiger partial charge in [0.1, 0.15) is 5.60 Å². The van der Waals surface area contributed by atoms with E-state index in [4.69, 9.17) is 10.00 Å². The SMILES string of the molecule is CCNC(=NCc1cccc(C#N)c1)NC1CCC(NC(=O)OC(C)(C)C)CC1.I. The maximum atomic E-state index is 11.9. The van der Waals surface area contributed by atoms with Crippen LogP contribution in [-0.2, 0) is 11.3 Å². The molecule has 0 aliphatic heterocycles. The molecular formula is C22H34IN5O2. The summed E-state index contributed by atoms with van der Waals surface area (Å²) in [7, 11) is 0. The normalized spacial score (nSPS) is 19.1. The van der Waals surface area contributed by atoms with Crippen LogP contribution in [-0.4, -0.2) is 36.3 Å². The number of hydrogen-bond donors (Lipinski definition) is 3. The fourth-order valence-corrected chi connectivity index (χ4v) is 3.28. The van der Waals surface area contributed by atoms with E-state index in [-0.39, 0.29) is 36.1 Å². The first-order valence-corrected chi connectivity index (χ1v) is 10.3. The van der Waals surface area contributed by atoms with Gasteiger partial charge in [0.05, 0.1) is 18.2 Å². The summed E-state index contributed by atoms with van der Waals surface area (Å²) >= 11 is 0. The minimum absolute atomic E-state index is 0. The average molecular weight is 527 g/mol. The molecular weight excluding hydrogens is 493 g/mol. The van der Waals surface area contributed by atoms with Gasteiger partial charge >= 0.3 is 6.09 Å². The molecule has 7 nitrogen and oxygen atoms in total. The third kappa shape index (κ3) is 9.65. The van der Waals surface area contributed by atoms with Crippen LogP contribution in [0.2, 0.25) is 0 Å². The number of halogens is 1. The van der Waals surface area contributed by atoms with E-state index in [0.717, 1.165) is 43.8 Å². The third-order valence-corrected chi connectivity index (χ3v) is 4.61. The number of nitrogens with one attached hydrogen (secondary N) is 3. The molecule has 30 heavy (non-hydrogen) atoms. The van der Waals surface area contributed by atoms with Crippen LogP contribution in [0.5, 0.6) is 0 Å². The Morgan fingerprint density at radius 3 is 2.40 bits per heavy atom. The lowest BCUT2D eigenvalue weighted by Crippen LogP contribution is -2.48. The second-order valence-electron chi connectivity index (χ2n) is 8.35. The lowest BCUT2D eigenvalue weighted by Gasteiger charge is -2.31. The Bertz CT molecular complexity index is 747. The lowest BCUT2D eigenvalue weighted by molar-refractivity contribution is 0.0490. The molecule has 1 aromatic rings. The molecule has 166 valence electrons. The van der Waals surface area contributed by atoms with E-state index in [1.807, 2.05) is 45.9 Å². The molecule has 2 rings (SSSR count). The number of benzene rings is 1. The molecule has 3 N–H and O–H groups in total. The molecule has 0 spiro atoms. The summed E-state index contributed by atoms with van der Waals surface area (Å²) < 4.78 is 5.34. The highest BCUT2D eigenvalue weighted by molar-refractivity contribution is 14.0. The number of alkyl carbamates (subject to hydrolysis) is 1. The van der Waals surface area contributed by atoms with E-state index in [1.165, 1.54) is 0 Å². The molecule has 8 heteroatoms. The number of ether oxygens (including phenoxy) is 1. The van der Waals surface area contributed by atoms with Crippen molar-refractivity contribution in [2.45, 2.75) is 77.6 Å². The van der Waals surface area contributed by atoms with Gasteiger partial charge in [0.2, 0.25) is 0 Å². The van der Waals surface area contributed by atoms with Crippen LogP contribution >= 0.6 is 24.0 Å². The number of amides is 1. The first-order chi connectivity index (χ1) is 13.8. The number of rotatable bonds is 5. The number of hydrogen-bond acceptors (Lipinski definition) is 4. The zero-order valence-corrected chi connectivity index (χ0v) is 20.7. The molecule has 0 heterocycles. The van der Waals surface area contributed by atoms with Gasteiger partial charge in [-0.25, -0.2) is 9.79 Å². The van der Waals surface area contributed by atoms with Crippen molar-refractivity contribution in [1.82, 2.24) is 16.0 Å². The van der Waals surface area contributed by atoms with E-state index in [9.17, 15) is 4.79 Å². The Hall–Kier alpha value is -2.02. The maximum absolute atomic E-state index is 11.9. The largest absolute Gasteiger partial charge is 0.444 e. The van der Waals surface area contributed by atoms with E-state index >= 15 is 0 Å². The minimum atomic E-state index is -0.479. The van der Waals surface area contributed by atoms with Gasteiger partial charge in [0, 0.05) is 18.6 Å². The van der Waals surface area contributed by atoms with Crippen molar-refractivity contribution in [2.75, 3.05) is 6.54 Å². The van der Waals surface area contributed by atoms with Crippen LogP contribution in [0.15, 0.2) is 29.3 Å². The topological polar surface area (TPSA) is 98.5 Å². The smallest absolute Gasteiger partial charge is 0.407 e. The van der Waals surface area contributed by atoms with Gasteiger partial charge in [0.25, 0.3) is 0 Å². The van der Waals surface area contributed by atoms with Crippen molar-refractivity contribution in [3.63, 3.8) is 0 Å². The van der Waals surface area contributed by atoms with Gasteiger partial charge in [-0.05, 0) is 71.1 Å².